The normalized spacial score (nSPS) is 28.9. The Hall–Kier alpha value is -0.370. The molecule has 2 fully saturated rings. The maximum Gasteiger partial charge on any atom is 0.140 e. The van der Waals surface area contributed by atoms with E-state index in [1.54, 1.807) is 0 Å². The molecule has 0 aromatic heterocycles. The van der Waals surface area contributed by atoms with Crippen LogP contribution in [0.1, 0.15) is 44.9 Å². The lowest BCUT2D eigenvalue weighted by atomic mass is 9.81. The molecule has 13 heavy (non-hydrogen) atoms. The maximum atomic E-state index is 11.2. The molecule has 0 aromatic rings. The second-order valence-electron chi connectivity index (χ2n) is 4.48. The Morgan fingerprint density at radius 1 is 0.923 bits per heavy atom. The highest BCUT2D eigenvalue weighted by atomic mass is 16.1. The van der Waals surface area contributed by atoms with Gasteiger partial charge in [0.2, 0.25) is 0 Å². The third-order valence-corrected chi connectivity index (χ3v) is 3.67. The van der Waals surface area contributed by atoms with Crippen molar-refractivity contribution in [3.8, 4) is 0 Å². The average molecular weight is 181 g/mol. The molecule has 1 heterocycles. The number of nitrogens with zero attached hydrogens (tertiary/aromatic N) is 1. The average Bonchev–Trinajstić information content (AvgIpc) is 2.72. The number of carbonyl (C=O) groups excluding carboxylic acids is 1. The summed E-state index contributed by atoms with van der Waals surface area (Å²) >= 11 is 0. The van der Waals surface area contributed by atoms with E-state index in [0.717, 1.165) is 25.9 Å². The summed E-state index contributed by atoms with van der Waals surface area (Å²) in [5.74, 6) is 0. The van der Waals surface area contributed by atoms with Crippen molar-refractivity contribution in [3.63, 3.8) is 0 Å². The summed E-state index contributed by atoms with van der Waals surface area (Å²) in [6, 6.07) is 0. The number of carbonyl (C=O) groups is 1. The van der Waals surface area contributed by atoms with Crippen molar-refractivity contribution >= 4 is 6.29 Å². The minimum atomic E-state index is -0.0469. The molecule has 1 saturated carbocycles. The van der Waals surface area contributed by atoms with Crippen LogP contribution in [0.2, 0.25) is 0 Å². The van der Waals surface area contributed by atoms with E-state index in [-0.39, 0.29) is 5.54 Å². The van der Waals surface area contributed by atoms with Crippen molar-refractivity contribution < 1.29 is 4.79 Å². The van der Waals surface area contributed by atoms with E-state index in [2.05, 4.69) is 4.90 Å². The first-order valence-electron chi connectivity index (χ1n) is 5.59. The zero-order valence-corrected chi connectivity index (χ0v) is 8.30. The Bertz CT molecular complexity index is 179. The monoisotopic (exact) mass is 181 g/mol. The molecule has 2 aliphatic rings. The Morgan fingerprint density at radius 3 is 2.08 bits per heavy atom. The van der Waals surface area contributed by atoms with Crippen molar-refractivity contribution in [2.45, 2.75) is 50.5 Å². The summed E-state index contributed by atoms with van der Waals surface area (Å²) in [5.41, 5.74) is -0.0469. The molecule has 0 N–H and O–H groups in total. The van der Waals surface area contributed by atoms with Gasteiger partial charge in [-0.3, -0.25) is 4.90 Å². The lowest BCUT2D eigenvalue weighted by Crippen LogP contribution is -2.49. The Labute approximate surface area is 80.3 Å². The van der Waals surface area contributed by atoms with Gasteiger partial charge in [-0.05, 0) is 38.8 Å². The van der Waals surface area contributed by atoms with Crippen molar-refractivity contribution in [1.29, 1.82) is 0 Å². The molecule has 2 rings (SSSR count). The smallest absolute Gasteiger partial charge is 0.140 e. The summed E-state index contributed by atoms with van der Waals surface area (Å²) in [6.45, 7) is 2.30. The summed E-state index contributed by atoms with van der Waals surface area (Å²) in [4.78, 5) is 13.7. The minimum Gasteiger partial charge on any atom is -0.301 e. The van der Waals surface area contributed by atoms with Crippen LogP contribution in [0.25, 0.3) is 0 Å². The van der Waals surface area contributed by atoms with Crippen LogP contribution < -0.4 is 0 Å². The standard InChI is InChI=1S/C11H19NO/c13-10-11(6-2-1-3-7-11)12-8-4-5-9-12/h10H,1-9H2. The molecular weight excluding hydrogens is 162 g/mol. The van der Waals surface area contributed by atoms with Crippen molar-refractivity contribution in [2.24, 2.45) is 0 Å². The topological polar surface area (TPSA) is 20.3 Å². The molecule has 0 aromatic carbocycles. The lowest BCUT2D eigenvalue weighted by Gasteiger charge is -2.40. The van der Waals surface area contributed by atoms with Crippen LogP contribution in [0.3, 0.4) is 0 Å². The van der Waals surface area contributed by atoms with E-state index in [4.69, 9.17) is 0 Å². The minimum absolute atomic E-state index is 0.0469. The number of likely N-dealkylation sites (tertiary alicyclic amines) is 1. The van der Waals surface area contributed by atoms with Gasteiger partial charge < -0.3 is 4.79 Å². The highest BCUT2D eigenvalue weighted by molar-refractivity contribution is 5.64. The Kier molecular flexibility index (Phi) is 2.68. The number of hydrogen-bond donors (Lipinski definition) is 0. The third-order valence-electron chi connectivity index (χ3n) is 3.67. The Balaban J connectivity index is 2.07. The second kappa shape index (κ2) is 3.79. The molecular formula is C11H19NO. The zero-order chi connectivity index (χ0) is 9.15. The highest BCUT2D eigenvalue weighted by Gasteiger charge is 2.38. The summed E-state index contributed by atoms with van der Waals surface area (Å²) in [5, 5.41) is 0. The third kappa shape index (κ3) is 1.64. The van der Waals surface area contributed by atoms with Gasteiger partial charge in [-0.25, -0.2) is 0 Å². The molecule has 2 nitrogen and oxygen atoms in total. The molecule has 0 bridgehead atoms. The predicted octanol–water partition coefficient (Wildman–Crippen LogP) is 1.98. The largest absolute Gasteiger partial charge is 0.301 e. The van der Waals surface area contributed by atoms with Crippen LogP contribution in [0.5, 0.6) is 0 Å². The van der Waals surface area contributed by atoms with Crippen LogP contribution in [-0.4, -0.2) is 29.8 Å². The molecule has 0 atom stereocenters. The first-order valence-corrected chi connectivity index (χ1v) is 5.59. The maximum absolute atomic E-state index is 11.2. The zero-order valence-electron chi connectivity index (χ0n) is 8.30. The molecule has 1 aliphatic heterocycles. The van der Waals surface area contributed by atoms with Gasteiger partial charge >= 0.3 is 0 Å². The van der Waals surface area contributed by atoms with Crippen molar-refractivity contribution in [3.05, 3.63) is 0 Å². The lowest BCUT2D eigenvalue weighted by molar-refractivity contribution is -0.120. The summed E-state index contributed by atoms with van der Waals surface area (Å²) in [6.07, 6.45) is 9.84. The van der Waals surface area contributed by atoms with Gasteiger partial charge in [-0.1, -0.05) is 19.3 Å². The molecule has 1 saturated heterocycles. The first-order chi connectivity index (χ1) is 6.37. The second-order valence-corrected chi connectivity index (χ2v) is 4.48. The van der Waals surface area contributed by atoms with Crippen LogP contribution in [0.15, 0.2) is 0 Å². The highest BCUT2D eigenvalue weighted by Crippen LogP contribution is 2.34. The molecule has 74 valence electrons. The number of hydrogen-bond acceptors (Lipinski definition) is 2. The van der Waals surface area contributed by atoms with Gasteiger partial charge in [-0.15, -0.1) is 0 Å². The van der Waals surface area contributed by atoms with Gasteiger partial charge in [0.15, 0.2) is 0 Å². The SMILES string of the molecule is O=CC1(N2CCCC2)CCCCC1. The molecule has 1 aliphatic carbocycles. The Morgan fingerprint density at radius 2 is 1.54 bits per heavy atom. The van der Waals surface area contributed by atoms with Crippen LogP contribution in [0, 0.1) is 0 Å². The van der Waals surface area contributed by atoms with Gasteiger partial charge in [0, 0.05) is 0 Å². The fourth-order valence-electron chi connectivity index (χ4n) is 2.84. The molecule has 0 spiro atoms. The number of rotatable bonds is 2. The number of aldehydes is 1. The molecule has 0 radical (unpaired) electrons. The predicted molar refractivity (Wildman–Crippen MR) is 52.7 cm³/mol. The van der Waals surface area contributed by atoms with Gasteiger partial charge in [0.05, 0.1) is 5.54 Å². The van der Waals surface area contributed by atoms with E-state index in [0.29, 0.717) is 0 Å². The quantitative estimate of drug-likeness (QED) is 0.607. The van der Waals surface area contributed by atoms with Crippen LogP contribution >= 0.6 is 0 Å². The van der Waals surface area contributed by atoms with E-state index in [1.807, 2.05) is 0 Å². The van der Waals surface area contributed by atoms with Gasteiger partial charge in [-0.2, -0.15) is 0 Å². The van der Waals surface area contributed by atoms with E-state index in [1.165, 1.54) is 38.4 Å². The van der Waals surface area contributed by atoms with E-state index >= 15 is 0 Å². The van der Waals surface area contributed by atoms with Crippen LogP contribution in [0.4, 0.5) is 0 Å². The summed E-state index contributed by atoms with van der Waals surface area (Å²) in [7, 11) is 0. The molecule has 2 heteroatoms. The van der Waals surface area contributed by atoms with Crippen molar-refractivity contribution in [2.75, 3.05) is 13.1 Å². The van der Waals surface area contributed by atoms with E-state index < -0.39 is 0 Å². The molecule has 0 amide bonds. The van der Waals surface area contributed by atoms with Gasteiger partial charge in [0.25, 0.3) is 0 Å². The van der Waals surface area contributed by atoms with E-state index in [9.17, 15) is 4.79 Å². The fourth-order valence-corrected chi connectivity index (χ4v) is 2.84. The summed E-state index contributed by atoms with van der Waals surface area (Å²) < 4.78 is 0. The molecule has 0 unspecified atom stereocenters. The fraction of sp³-hybridized carbons (Fsp3) is 0.909. The first kappa shape index (κ1) is 9.20. The van der Waals surface area contributed by atoms with Gasteiger partial charge in [0.1, 0.15) is 6.29 Å². The van der Waals surface area contributed by atoms with Crippen LogP contribution in [-0.2, 0) is 4.79 Å². The van der Waals surface area contributed by atoms with Crippen molar-refractivity contribution in [1.82, 2.24) is 4.90 Å².